The summed E-state index contributed by atoms with van der Waals surface area (Å²) in [4.78, 5) is 12.6. The van der Waals surface area contributed by atoms with Gasteiger partial charge in [-0.15, -0.1) is 0 Å². The summed E-state index contributed by atoms with van der Waals surface area (Å²) in [5.74, 6) is 0.808. The fraction of sp³-hybridized carbons (Fsp3) is 0.235. The van der Waals surface area contributed by atoms with Crippen LogP contribution in [0.15, 0.2) is 34.8 Å². The summed E-state index contributed by atoms with van der Waals surface area (Å²) in [6.45, 7) is 3.98. The van der Waals surface area contributed by atoms with Crippen molar-refractivity contribution in [2.24, 2.45) is 0 Å². The van der Waals surface area contributed by atoms with Crippen LogP contribution in [0.1, 0.15) is 21.5 Å². The van der Waals surface area contributed by atoms with E-state index >= 15 is 0 Å². The van der Waals surface area contributed by atoms with Crippen LogP contribution in [-0.2, 0) is 0 Å². The molecule has 0 spiro atoms. The summed E-state index contributed by atoms with van der Waals surface area (Å²) in [7, 11) is 3.08. The standard InChI is InChI=1S/C17H18BrNO3/c1-10-5-11(2)7-12(6-10)19-17(20)14-8-13(21-3)9-15(18)16(14)22-4/h5-9H,1-4H3,(H,19,20). The van der Waals surface area contributed by atoms with Crippen LogP contribution in [0.25, 0.3) is 0 Å². The highest BCUT2D eigenvalue weighted by Crippen LogP contribution is 2.34. The minimum atomic E-state index is -0.249. The highest BCUT2D eigenvalue weighted by molar-refractivity contribution is 9.10. The van der Waals surface area contributed by atoms with Gasteiger partial charge in [-0.1, -0.05) is 6.07 Å². The predicted octanol–water partition coefficient (Wildman–Crippen LogP) is 4.34. The quantitative estimate of drug-likeness (QED) is 0.878. The largest absolute Gasteiger partial charge is 0.497 e. The average molecular weight is 364 g/mol. The third kappa shape index (κ3) is 3.60. The number of carbonyl (C=O) groups is 1. The van der Waals surface area contributed by atoms with Gasteiger partial charge in [-0.25, -0.2) is 0 Å². The Morgan fingerprint density at radius 3 is 2.18 bits per heavy atom. The molecule has 0 aromatic heterocycles. The number of aryl methyl sites for hydroxylation is 2. The van der Waals surface area contributed by atoms with E-state index in [4.69, 9.17) is 9.47 Å². The van der Waals surface area contributed by atoms with Crippen molar-refractivity contribution in [2.45, 2.75) is 13.8 Å². The van der Waals surface area contributed by atoms with Crippen molar-refractivity contribution in [1.82, 2.24) is 0 Å². The molecule has 0 heterocycles. The molecule has 0 atom stereocenters. The molecule has 0 aliphatic heterocycles. The van der Waals surface area contributed by atoms with Gasteiger partial charge in [-0.3, -0.25) is 4.79 Å². The van der Waals surface area contributed by atoms with Crippen LogP contribution < -0.4 is 14.8 Å². The van der Waals surface area contributed by atoms with E-state index in [2.05, 4.69) is 27.3 Å². The van der Waals surface area contributed by atoms with Gasteiger partial charge in [-0.05, 0) is 65.2 Å². The van der Waals surface area contributed by atoms with Crippen molar-refractivity contribution in [2.75, 3.05) is 19.5 Å². The van der Waals surface area contributed by atoms with Crippen LogP contribution in [-0.4, -0.2) is 20.1 Å². The van der Waals surface area contributed by atoms with E-state index in [-0.39, 0.29) is 5.91 Å². The summed E-state index contributed by atoms with van der Waals surface area (Å²) >= 11 is 3.39. The molecule has 22 heavy (non-hydrogen) atoms. The fourth-order valence-electron chi connectivity index (χ4n) is 2.31. The summed E-state index contributed by atoms with van der Waals surface area (Å²) in [6.07, 6.45) is 0. The van der Waals surface area contributed by atoms with E-state index in [1.165, 1.54) is 7.11 Å². The second kappa shape index (κ2) is 6.83. The first kappa shape index (κ1) is 16.4. The Hall–Kier alpha value is -2.01. The zero-order chi connectivity index (χ0) is 16.3. The number of halogens is 1. The van der Waals surface area contributed by atoms with Gasteiger partial charge >= 0.3 is 0 Å². The molecule has 1 amide bonds. The van der Waals surface area contributed by atoms with Crippen LogP contribution in [0.3, 0.4) is 0 Å². The smallest absolute Gasteiger partial charge is 0.259 e. The Labute approximate surface area is 138 Å². The molecule has 0 saturated carbocycles. The summed E-state index contributed by atoms with van der Waals surface area (Å²) in [5.41, 5.74) is 3.35. The minimum absolute atomic E-state index is 0.249. The monoisotopic (exact) mass is 363 g/mol. The number of carbonyl (C=O) groups excluding carboxylic acids is 1. The zero-order valence-corrected chi connectivity index (χ0v) is 14.6. The van der Waals surface area contributed by atoms with Crippen LogP contribution in [0.5, 0.6) is 11.5 Å². The Bertz CT molecular complexity index is 693. The minimum Gasteiger partial charge on any atom is -0.497 e. The number of benzene rings is 2. The Morgan fingerprint density at radius 1 is 1.00 bits per heavy atom. The van der Waals surface area contributed by atoms with Gasteiger partial charge in [0, 0.05) is 5.69 Å². The Balaban J connectivity index is 2.38. The molecule has 0 saturated heterocycles. The molecule has 0 radical (unpaired) electrons. The van der Waals surface area contributed by atoms with Crippen LogP contribution >= 0.6 is 15.9 Å². The van der Waals surface area contributed by atoms with Gasteiger partial charge in [0.15, 0.2) is 0 Å². The number of ether oxygens (including phenoxy) is 2. The molecule has 0 bridgehead atoms. The third-order valence-corrected chi connectivity index (χ3v) is 3.77. The SMILES string of the molecule is COc1cc(Br)c(OC)c(C(=O)Nc2cc(C)cc(C)c2)c1. The molecule has 0 fully saturated rings. The molecule has 0 aliphatic carbocycles. The molecular weight excluding hydrogens is 346 g/mol. The highest BCUT2D eigenvalue weighted by atomic mass is 79.9. The maximum atomic E-state index is 12.6. The average Bonchev–Trinajstić information content (AvgIpc) is 2.45. The van der Waals surface area contributed by atoms with E-state index in [9.17, 15) is 4.79 Å². The Kier molecular flexibility index (Phi) is 5.08. The lowest BCUT2D eigenvalue weighted by molar-refractivity contribution is 0.102. The van der Waals surface area contributed by atoms with Crippen LogP contribution in [0.4, 0.5) is 5.69 Å². The molecule has 2 rings (SSSR count). The van der Waals surface area contributed by atoms with E-state index in [1.807, 2.05) is 26.0 Å². The zero-order valence-electron chi connectivity index (χ0n) is 13.0. The van der Waals surface area contributed by atoms with E-state index in [0.717, 1.165) is 16.8 Å². The Morgan fingerprint density at radius 2 is 1.64 bits per heavy atom. The first-order valence-corrected chi connectivity index (χ1v) is 7.55. The summed E-state index contributed by atoms with van der Waals surface area (Å²) in [5, 5.41) is 2.90. The first-order valence-electron chi connectivity index (χ1n) is 6.75. The van der Waals surface area contributed by atoms with Crippen LogP contribution in [0.2, 0.25) is 0 Å². The second-order valence-corrected chi connectivity index (χ2v) is 5.87. The number of nitrogens with one attached hydrogen (secondary N) is 1. The molecule has 1 N–H and O–H groups in total. The van der Waals surface area contributed by atoms with Gasteiger partial charge in [0.25, 0.3) is 5.91 Å². The van der Waals surface area contributed by atoms with Crippen molar-refractivity contribution in [3.05, 3.63) is 51.5 Å². The number of anilines is 1. The lowest BCUT2D eigenvalue weighted by atomic mass is 10.1. The van der Waals surface area contributed by atoms with Gasteiger partial charge < -0.3 is 14.8 Å². The highest BCUT2D eigenvalue weighted by Gasteiger charge is 2.17. The van der Waals surface area contributed by atoms with Gasteiger partial charge in [0.2, 0.25) is 0 Å². The van der Waals surface area contributed by atoms with Gasteiger partial charge in [0.1, 0.15) is 11.5 Å². The second-order valence-electron chi connectivity index (χ2n) is 5.02. The van der Waals surface area contributed by atoms with Crippen molar-refractivity contribution < 1.29 is 14.3 Å². The fourth-order valence-corrected chi connectivity index (χ4v) is 2.91. The molecule has 2 aromatic carbocycles. The van der Waals surface area contributed by atoms with E-state index < -0.39 is 0 Å². The van der Waals surface area contributed by atoms with E-state index in [1.54, 1.807) is 19.2 Å². The van der Waals surface area contributed by atoms with Gasteiger partial charge in [0.05, 0.1) is 24.3 Å². The number of hydrogen-bond acceptors (Lipinski definition) is 3. The van der Waals surface area contributed by atoms with Crippen molar-refractivity contribution >= 4 is 27.5 Å². The number of methoxy groups -OCH3 is 2. The van der Waals surface area contributed by atoms with Crippen molar-refractivity contribution in [3.8, 4) is 11.5 Å². The molecule has 0 aliphatic rings. The molecular formula is C17H18BrNO3. The molecule has 116 valence electrons. The van der Waals surface area contributed by atoms with Gasteiger partial charge in [-0.2, -0.15) is 0 Å². The molecule has 4 nitrogen and oxygen atoms in total. The lowest BCUT2D eigenvalue weighted by Crippen LogP contribution is -2.14. The van der Waals surface area contributed by atoms with Crippen LogP contribution in [0, 0.1) is 13.8 Å². The maximum Gasteiger partial charge on any atom is 0.259 e. The lowest BCUT2D eigenvalue weighted by Gasteiger charge is -2.13. The molecule has 0 unspecified atom stereocenters. The summed E-state index contributed by atoms with van der Waals surface area (Å²) in [6, 6.07) is 9.31. The number of hydrogen-bond donors (Lipinski definition) is 1. The van der Waals surface area contributed by atoms with Crippen molar-refractivity contribution in [1.29, 1.82) is 0 Å². The molecule has 5 heteroatoms. The van der Waals surface area contributed by atoms with E-state index in [0.29, 0.717) is 21.5 Å². The maximum absolute atomic E-state index is 12.6. The molecule has 2 aromatic rings. The number of amides is 1. The summed E-state index contributed by atoms with van der Waals surface area (Å²) < 4.78 is 11.2. The topological polar surface area (TPSA) is 47.6 Å². The normalized spacial score (nSPS) is 10.2. The van der Waals surface area contributed by atoms with Crippen molar-refractivity contribution in [3.63, 3.8) is 0 Å². The number of rotatable bonds is 4. The third-order valence-electron chi connectivity index (χ3n) is 3.18. The first-order chi connectivity index (χ1) is 10.4. The predicted molar refractivity (Wildman–Crippen MR) is 91.1 cm³/mol.